The Bertz CT molecular complexity index is 649. The summed E-state index contributed by atoms with van der Waals surface area (Å²) in [5.74, 6) is 0.967. The van der Waals surface area contributed by atoms with Crippen molar-refractivity contribution in [2.45, 2.75) is 25.5 Å². The van der Waals surface area contributed by atoms with E-state index in [-0.39, 0.29) is 5.91 Å². The van der Waals surface area contributed by atoms with Crippen molar-refractivity contribution in [2.75, 3.05) is 11.1 Å². The molecule has 118 valence electrons. The van der Waals surface area contributed by atoms with Crippen LogP contribution < -0.4 is 5.32 Å². The van der Waals surface area contributed by atoms with Crippen LogP contribution >= 0.6 is 46.3 Å². The molecule has 4 nitrogen and oxygen atoms in total. The number of aromatic nitrogens is 2. The molecular weight excluding hydrogens is 361 g/mol. The Morgan fingerprint density at radius 2 is 2.14 bits per heavy atom. The first-order valence-electron chi connectivity index (χ1n) is 6.72. The summed E-state index contributed by atoms with van der Waals surface area (Å²) in [6.45, 7) is 2.08. The van der Waals surface area contributed by atoms with Gasteiger partial charge in [0.05, 0.1) is 15.8 Å². The number of nitrogens with one attached hydrogen (secondary N) is 1. The van der Waals surface area contributed by atoms with Crippen molar-refractivity contribution in [3.05, 3.63) is 38.8 Å². The monoisotopic (exact) mass is 375 g/mol. The zero-order chi connectivity index (χ0) is 15.9. The van der Waals surface area contributed by atoms with E-state index in [0.717, 1.165) is 23.4 Å². The highest BCUT2D eigenvalue weighted by Gasteiger charge is 2.08. The molecule has 0 aliphatic rings. The predicted octanol–water partition coefficient (Wildman–Crippen LogP) is 4.67. The summed E-state index contributed by atoms with van der Waals surface area (Å²) >= 11 is 14.8. The number of halogens is 2. The molecule has 1 heterocycles. The largest absolute Gasteiger partial charge is 0.300 e. The van der Waals surface area contributed by atoms with Crippen LogP contribution in [-0.2, 0) is 17.0 Å². The second-order valence-electron chi connectivity index (χ2n) is 4.54. The van der Waals surface area contributed by atoms with E-state index in [1.807, 2.05) is 12.1 Å². The van der Waals surface area contributed by atoms with Gasteiger partial charge in [-0.1, -0.05) is 47.5 Å². The Labute approximate surface area is 147 Å². The quantitative estimate of drug-likeness (QED) is 0.763. The Morgan fingerprint density at radius 1 is 1.32 bits per heavy atom. The van der Waals surface area contributed by atoms with Gasteiger partial charge in [-0.05, 0) is 24.1 Å². The summed E-state index contributed by atoms with van der Waals surface area (Å²) in [7, 11) is 0. The number of aryl methyl sites for hydroxylation is 1. The van der Waals surface area contributed by atoms with Crippen molar-refractivity contribution in [2.24, 2.45) is 0 Å². The second kappa shape index (κ2) is 8.72. The molecule has 1 aromatic heterocycles. The first-order chi connectivity index (χ1) is 10.6. The Kier molecular flexibility index (Phi) is 6.95. The summed E-state index contributed by atoms with van der Waals surface area (Å²) in [5, 5.41) is 13.3. The molecule has 0 aliphatic carbocycles. The number of anilines is 1. The number of hydrogen-bond donors (Lipinski definition) is 1. The molecule has 0 radical (unpaired) electrons. The molecule has 22 heavy (non-hydrogen) atoms. The van der Waals surface area contributed by atoms with Crippen LogP contribution in [0, 0.1) is 0 Å². The van der Waals surface area contributed by atoms with Crippen LogP contribution in [0.3, 0.4) is 0 Å². The van der Waals surface area contributed by atoms with E-state index >= 15 is 0 Å². The predicted molar refractivity (Wildman–Crippen MR) is 95.2 cm³/mol. The third kappa shape index (κ3) is 5.43. The first-order valence-corrected chi connectivity index (χ1v) is 9.45. The van der Waals surface area contributed by atoms with Crippen LogP contribution in [0.4, 0.5) is 5.13 Å². The van der Waals surface area contributed by atoms with E-state index in [2.05, 4.69) is 22.4 Å². The van der Waals surface area contributed by atoms with Gasteiger partial charge in [-0.3, -0.25) is 10.1 Å². The van der Waals surface area contributed by atoms with Gasteiger partial charge in [0.15, 0.2) is 0 Å². The maximum absolute atomic E-state index is 11.9. The van der Waals surface area contributed by atoms with Crippen LogP contribution in [-0.4, -0.2) is 21.9 Å². The molecular formula is C14H15Cl2N3OS2. The number of amides is 1. The minimum atomic E-state index is -0.0794. The minimum Gasteiger partial charge on any atom is -0.300 e. The van der Waals surface area contributed by atoms with Gasteiger partial charge in [0, 0.05) is 12.2 Å². The molecule has 1 N–H and O–H groups in total. The van der Waals surface area contributed by atoms with E-state index in [9.17, 15) is 4.79 Å². The lowest BCUT2D eigenvalue weighted by molar-refractivity contribution is -0.113. The highest BCUT2D eigenvalue weighted by atomic mass is 35.5. The molecule has 0 bridgehead atoms. The van der Waals surface area contributed by atoms with Crippen molar-refractivity contribution in [3.8, 4) is 0 Å². The Balaban J connectivity index is 1.76. The van der Waals surface area contributed by atoms with E-state index in [1.54, 1.807) is 6.07 Å². The fourth-order valence-corrected chi connectivity index (χ4v) is 3.62. The smallest absolute Gasteiger partial charge is 0.236 e. The molecule has 0 saturated heterocycles. The van der Waals surface area contributed by atoms with Gasteiger partial charge in [-0.2, -0.15) is 0 Å². The first kappa shape index (κ1) is 17.5. The fraction of sp³-hybridized carbons (Fsp3) is 0.357. The lowest BCUT2D eigenvalue weighted by Gasteiger charge is -2.03. The highest BCUT2D eigenvalue weighted by molar-refractivity contribution is 7.99. The minimum absolute atomic E-state index is 0.0794. The van der Waals surface area contributed by atoms with Gasteiger partial charge in [-0.25, -0.2) is 0 Å². The Morgan fingerprint density at radius 3 is 2.86 bits per heavy atom. The van der Waals surface area contributed by atoms with Gasteiger partial charge in [-0.15, -0.1) is 22.0 Å². The van der Waals surface area contributed by atoms with E-state index in [0.29, 0.717) is 26.7 Å². The number of carbonyl (C=O) groups excluding carboxylic acids is 1. The summed E-state index contributed by atoms with van der Waals surface area (Å²) in [6.07, 6.45) is 1.90. The van der Waals surface area contributed by atoms with Gasteiger partial charge < -0.3 is 0 Å². The van der Waals surface area contributed by atoms with Crippen LogP contribution in [0.15, 0.2) is 18.2 Å². The summed E-state index contributed by atoms with van der Waals surface area (Å²) in [5.41, 5.74) is 1.04. The number of rotatable bonds is 7. The zero-order valence-electron chi connectivity index (χ0n) is 11.9. The zero-order valence-corrected chi connectivity index (χ0v) is 15.1. The molecule has 1 aromatic carbocycles. The van der Waals surface area contributed by atoms with Crippen molar-refractivity contribution in [3.63, 3.8) is 0 Å². The van der Waals surface area contributed by atoms with Crippen LogP contribution in [0.5, 0.6) is 0 Å². The average molecular weight is 376 g/mol. The second-order valence-corrected chi connectivity index (χ2v) is 7.40. The van der Waals surface area contributed by atoms with Gasteiger partial charge in [0.1, 0.15) is 5.01 Å². The third-order valence-corrected chi connectivity index (χ3v) is 5.30. The highest BCUT2D eigenvalue weighted by Crippen LogP contribution is 2.24. The van der Waals surface area contributed by atoms with Crippen LogP contribution in [0.1, 0.15) is 23.9 Å². The Hall–Kier alpha value is -0.820. The van der Waals surface area contributed by atoms with Crippen molar-refractivity contribution >= 4 is 57.3 Å². The van der Waals surface area contributed by atoms with E-state index < -0.39 is 0 Å². The molecule has 1 amide bonds. The van der Waals surface area contributed by atoms with Crippen LogP contribution in [0.25, 0.3) is 0 Å². The lowest BCUT2D eigenvalue weighted by atomic mass is 10.2. The summed E-state index contributed by atoms with van der Waals surface area (Å²) in [4.78, 5) is 11.9. The number of thioether (sulfide) groups is 1. The number of carbonyl (C=O) groups is 1. The summed E-state index contributed by atoms with van der Waals surface area (Å²) < 4.78 is 0. The maximum Gasteiger partial charge on any atom is 0.236 e. The van der Waals surface area contributed by atoms with Crippen molar-refractivity contribution < 1.29 is 4.79 Å². The number of hydrogen-bond acceptors (Lipinski definition) is 5. The number of nitrogens with zero attached hydrogens (tertiary/aromatic N) is 2. The van der Waals surface area contributed by atoms with Crippen molar-refractivity contribution in [1.29, 1.82) is 0 Å². The topological polar surface area (TPSA) is 54.9 Å². The van der Waals surface area contributed by atoms with Gasteiger partial charge in [0.25, 0.3) is 0 Å². The standard InChI is InChI=1S/C14H15Cl2N3OS2/c1-2-3-13-18-19-14(22-13)17-12(20)8-21-7-9-4-5-10(15)11(16)6-9/h4-6H,2-3,7-8H2,1H3,(H,17,19,20). The van der Waals surface area contributed by atoms with E-state index in [4.69, 9.17) is 23.2 Å². The van der Waals surface area contributed by atoms with Gasteiger partial charge in [0.2, 0.25) is 11.0 Å². The molecule has 0 fully saturated rings. The molecule has 0 spiro atoms. The van der Waals surface area contributed by atoms with E-state index in [1.165, 1.54) is 23.1 Å². The molecule has 0 atom stereocenters. The molecule has 2 aromatic rings. The van der Waals surface area contributed by atoms with Gasteiger partial charge >= 0.3 is 0 Å². The molecule has 0 aliphatic heterocycles. The average Bonchev–Trinajstić information content (AvgIpc) is 2.90. The van der Waals surface area contributed by atoms with Crippen LogP contribution in [0.2, 0.25) is 10.0 Å². The summed E-state index contributed by atoms with van der Waals surface area (Å²) in [6, 6.07) is 5.48. The normalized spacial score (nSPS) is 10.7. The third-order valence-electron chi connectivity index (χ3n) is 2.66. The molecule has 0 unspecified atom stereocenters. The molecule has 0 saturated carbocycles. The fourth-order valence-electron chi connectivity index (χ4n) is 1.67. The SMILES string of the molecule is CCCc1nnc(NC(=O)CSCc2ccc(Cl)c(Cl)c2)s1. The van der Waals surface area contributed by atoms with Crippen molar-refractivity contribution in [1.82, 2.24) is 10.2 Å². The maximum atomic E-state index is 11.9. The lowest BCUT2D eigenvalue weighted by Crippen LogP contribution is -2.13. The molecule has 2 rings (SSSR count). The molecule has 8 heteroatoms. The number of benzene rings is 1.